The van der Waals surface area contributed by atoms with Gasteiger partial charge in [0, 0.05) is 5.56 Å². The van der Waals surface area contributed by atoms with Crippen LogP contribution in [0.25, 0.3) is 0 Å². The third-order valence-electron chi connectivity index (χ3n) is 3.00. The molecule has 0 aliphatic rings. The monoisotopic (exact) mass is 258 g/mol. The van der Waals surface area contributed by atoms with Gasteiger partial charge in [0.15, 0.2) is 0 Å². The van der Waals surface area contributed by atoms with Crippen LogP contribution in [0.2, 0.25) is 0 Å². The first-order valence-electron chi connectivity index (χ1n) is 5.91. The first kappa shape index (κ1) is 13.1. The van der Waals surface area contributed by atoms with Crippen LogP contribution in [0.3, 0.4) is 0 Å². The molecule has 98 valence electrons. The number of anilines is 2. The van der Waals surface area contributed by atoms with Gasteiger partial charge in [0.1, 0.15) is 5.82 Å². The molecule has 0 atom stereocenters. The molecule has 0 saturated heterocycles. The smallest absolute Gasteiger partial charge is 0.255 e. The van der Waals surface area contributed by atoms with E-state index in [1.807, 2.05) is 19.9 Å². The Morgan fingerprint density at radius 3 is 2.53 bits per heavy atom. The number of hydrogen-bond acceptors (Lipinski definition) is 2. The van der Waals surface area contributed by atoms with Crippen molar-refractivity contribution in [2.24, 2.45) is 0 Å². The van der Waals surface area contributed by atoms with Crippen molar-refractivity contribution >= 4 is 17.3 Å². The normalized spacial score (nSPS) is 10.3. The lowest BCUT2D eigenvalue weighted by Crippen LogP contribution is -2.13. The van der Waals surface area contributed by atoms with Crippen molar-refractivity contribution in [1.29, 1.82) is 0 Å². The molecule has 2 rings (SSSR count). The van der Waals surface area contributed by atoms with Gasteiger partial charge in [0.25, 0.3) is 5.91 Å². The van der Waals surface area contributed by atoms with Crippen molar-refractivity contribution in [1.82, 2.24) is 0 Å². The summed E-state index contributed by atoms with van der Waals surface area (Å²) in [5.41, 5.74) is 9.24. The van der Waals surface area contributed by atoms with Crippen molar-refractivity contribution < 1.29 is 9.18 Å². The number of benzene rings is 2. The van der Waals surface area contributed by atoms with Crippen molar-refractivity contribution in [2.75, 3.05) is 11.1 Å². The van der Waals surface area contributed by atoms with Gasteiger partial charge in [0.05, 0.1) is 11.4 Å². The molecule has 0 aliphatic heterocycles. The number of nitrogens with two attached hydrogens (primary N) is 1. The maximum absolute atomic E-state index is 13.1. The second-order valence-corrected chi connectivity index (χ2v) is 4.49. The number of aryl methyl sites for hydroxylation is 2. The highest BCUT2D eigenvalue weighted by Gasteiger charge is 2.09. The number of halogens is 1. The van der Waals surface area contributed by atoms with Gasteiger partial charge in [-0.25, -0.2) is 4.39 Å². The number of carbonyl (C=O) groups excluding carboxylic acids is 1. The summed E-state index contributed by atoms with van der Waals surface area (Å²) in [7, 11) is 0. The minimum absolute atomic E-state index is 0.262. The minimum atomic E-state index is -0.444. The second kappa shape index (κ2) is 5.10. The van der Waals surface area contributed by atoms with Gasteiger partial charge in [-0.3, -0.25) is 4.79 Å². The predicted molar refractivity (Wildman–Crippen MR) is 74.7 cm³/mol. The van der Waals surface area contributed by atoms with Crippen LogP contribution >= 0.6 is 0 Å². The highest BCUT2D eigenvalue weighted by atomic mass is 19.1. The van der Waals surface area contributed by atoms with Crippen LogP contribution in [0, 0.1) is 19.7 Å². The molecule has 0 bridgehead atoms. The third kappa shape index (κ3) is 2.91. The summed E-state index contributed by atoms with van der Waals surface area (Å²) in [6.07, 6.45) is 0. The van der Waals surface area contributed by atoms with E-state index in [0.29, 0.717) is 11.4 Å². The Hall–Kier alpha value is -2.36. The van der Waals surface area contributed by atoms with E-state index in [4.69, 9.17) is 5.73 Å². The summed E-state index contributed by atoms with van der Waals surface area (Å²) in [6.45, 7) is 3.89. The van der Waals surface area contributed by atoms with Crippen LogP contribution in [-0.2, 0) is 0 Å². The molecule has 4 heteroatoms. The summed E-state index contributed by atoms with van der Waals surface area (Å²) in [5.74, 6) is -0.824. The highest BCUT2D eigenvalue weighted by molar-refractivity contribution is 6.05. The fourth-order valence-corrected chi connectivity index (χ4v) is 1.77. The molecular formula is C15H15FN2O. The predicted octanol–water partition coefficient (Wildman–Crippen LogP) is 3.28. The number of nitrogens with one attached hydrogen (secondary N) is 1. The number of carbonyl (C=O) groups is 1. The highest BCUT2D eigenvalue weighted by Crippen LogP contribution is 2.23. The summed E-state index contributed by atoms with van der Waals surface area (Å²) in [5, 5.41) is 2.69. The number of hydrogen-bond donors (Lipinski definition) is 2. The molecule has 0 fully saturated rings. The molecule has 3 N–H and O–H groups in total. The Morgan fingerprint density at radius 1 is 1.16 bits per heavy atom. The van der Waals surface area contributed by atoms with Crippen molar-refractivity contribution in [3.05, 3.63) is 58.9 Å². The zero-order valence-corrected chi connectivity index (χ0v) is 10.8. The average molecular weight is 258 g/mol. The van der Waals surface area contributed by atoms with E-state index < -0.39 is 5.82 Å². The van der Waals surface area contributed by atoms with Crippen LogP contribution in [0.5, 0.6) is 0 Å². The number of nitrogen functional groups attached to an aromatic ring is 1. The molecule has 0 saturated carbocycles. The van der Waals surface area contributed by atoms with Gasteiger partial charge in [-0.1, -0.05) is 6.07 Å². The zero-order valence-electron chi connectivity index (χ0n) is 10.8. The molecule has 0 radical (unpaired) electrons. The van der Waals surface area contributed by atoms with E-state index in [-0.39, 0.29) is 11.5 Å². The Morgan fingerprint density at radius 2 is 1.84 bits per heavy atom. The van der Waals surface area contributed by atoms with Crippen LogP contribution in [0.15, 0.2) is 36.4 Å². The van der Waals surface area contributed by atoms with Gasteiger partial charge >= 0.3 is 0 Å². The molecular weight excluding hydrogens is 243 g/mol. The van der Waals surface area contributed by atoms with Gasteiger partial charge < -0.3 is 11.1 Å². The van der Waals surface area contributed by atoms with Gasteiger partial charge in [-0.15, -0.1) is 0 Å². The van der Waals surface area contributed by atoms with Crippen molar-refractivity contribution in [3.63, 3.8) is 0 Å². The first-order chi connectivity index (χ1) is 8.97. The molecule has 19 heavy (non-hydrogen) atoms. The molecule has 0 heterocycles. The van der Waals surface area contributed by atoms with Gasteiger partial charge in [-0.05, 0) is 55.3 Å². The van der Waals surface area contributed by atoms with Crippen LogP contribution < -0.4 is 11.1 Å². The molecule has 0 unspecified atom stereocenters. The third-order valence-corrected chi connectivity index (χ3v) is 3.00. The van der Waals surface area contributed by atoms with E-state index >= 15 is 0 Å². The van der Waals surface area contributed by atoms with Gasteiger partial charge in [0.2, 0.25) is 0 Å². The quantitative estimate of drug-likeness (QED) is 0.812. The largest absolute Gasteiger partial charge is 0.397 e. The lowest BCUT2D eigenvalue weighted by molar-refractivity contribution is 0.102. The Labute approximate surface area is 111 Å². The lowest BCUT2D eigenvalue weighted by Gasteiger charge is -2.11. The maximum Gasteiger partial charge on any atom is 0.255 e. The van der Waals surface area contributed by atoms with E-state index in [1.54, 1.807) is 12.1 Å². The summed E-state index contributed by atoms with van der Waals surface area (Å²) >= 11 is 0. The zero-order chi connectivity index (χ0) is 14.0. The topological polar surface area (TPSA) is 55.1 Å². The number of rotatable bonds is 2. The number of amides is 1. The van der Waals surface area contributed by atoms with E-state index in [2.05, 4.69) is 5.32 Å². The molecule has 0 aliphatic carbocycles. The maximum atomic E-state index is 13.1. The SMILES string of the molecule is Cc1cc(N)c(NC(=O)c2cccc(F)c2)cc1C. The molecule has 1 amide bonds. The van der Waals surface area contributed by atoms with E-state index in [0.717, 1.165) is 11.1 Å². The second-order valence-electron chi connectivity index (χ2n) is 4.49. The van der Waals surface area contributed by atoms with E-state index in [1.165, 1.54) is 18.2 Å². The standard InChI is InChI=1S/C15H15FN2O/c1-9-6-13(17)14(7-10(9)2)18-15(19)11-4-3-5-12(16)8-11/h3-8H,17H2,1-2H3,(H,18,19). The molecule has 0 spiro atoms. The summed E-state index contributed by atoms with van der Waals surface area (Å²) in [6, 6.07) is 9.13. The average Bonchev–Trinajstić information content (AvgIpc) is 2.36. The van der Waals surface area contributed by atoms with Gasteiger partial charge in [-0.2, -0.15) is 0 Å². The molecule has 2 aromatic rings. The molecule has 2 aromatic carbocycles. The lowest BCUT2D eigenvalue weighted by atomic mass is 10.1. The fourth-order valence-electron chi connectivity index (χ4n) is 1.77. The summed E-state index contributed by atoms with van der Waals surface area (Å²) in [4.78, 5) is 12.0. The van der Waals surface area contributed by atoms with Crippen LogP contribution in [0.1, 0.15) is 21.5 Å². The Balaban J connectivity index is 2.27. The van der Waals surface area contributed by atoms with Crippen molar-refractivity contribution in [2.45, 2.75) is 13.8 Å². The molecule has 0 aromatic heterocycles. The van der Waals surface area contributed by atoms with Crippen molar-refractivity contribution in [3.8, 4) is 0 Å². The summed E-state index contributed by atoms with van der Waals surface area (Å²) < 4.78 is 13.1. The first-order valence-corrected chi connectivity index (χ1v) is 5.91. The fraction of sp³-hybridized carbons (Fsp3) is 0.133. The Kier molecular flexibility index (Phi) is 3.51. The van der Waals surface area contributed by atoms with E-state index in [9.17, 15) is 9.18 Å². The van der Waals surface area contributed by atoms with Crippen LogP contribution in [0.4, 0.5) is 15.8 Å². The Bertz CT molecular complexity index is 638. The van der Waals surface area contributed by atoms with Crippen LogP contribution in [-0.4, -0.2) is 5.91 Å². The molecule has 3 nitrogen and oxygen atoms in total. The minimum Gasteiger partial charge on any atom is -0.397 e.